The van der Waals surface area contributed by atoms with Gasteiger partial charge in [0.1, 0.15) is 5.75 Å². The van der Waals surface area contributed by atoms with E-state index in [1.807, 2.05) is 43.3 Å². The van der Waals surface area contributed by atoms with Crippen molar-refractivity contribution in [2.45, 2.75) is 19.9 Å². The summed E-state index contributed by atoms with van der Waals surface area (Å²) < 4.78 is 31.3. The van der Waals surface area contributed by atoms with E-state index in [0.29, 0.717) is 18.7 Å². The van der Waals surface area contributed by atoms with Crippen LogP contribution >= 0.6 is 0 Å². The molecule has 2 aromatic rings. The number of para-hydroxylation sites is 1. The van der Waals surface area contributed by atoms with E-state index in [1.54, 1.807) is 19.2 Å². The fourth-order valence-corrected chi connectivity index (χ4v) is 3.34. The molecule has 0 saturated carbocycles. The van der Waals surface area contributed by atoms with Crippen molar-refractivity contribution in [2.24, 2.45) is 0 Å². The summed E-state index contributed by atoms with van der Waals surface area (Å²) in [5.74, 6) is 0.963. The van der Waals surface area contributed by atoms with E-state index in [4.69, 9.17) is 4.74 Å². The van der Waals surface area contributed by atoms with Crippen LogP contribution in [0.1, 0.15) is 18.9 Å². The maximum atomic E-state index is 11.7. The van der Waals surface area contributed by atoms with Crippen molar-refractivity contribution in [3.8, 4) is 5.75 Å². The number of anilines is 2. The number of hydrogen-bond acceptors (Lipinski definition) is 4. The monoisotopic (exact) mass is 334 g/mol. The van der Waals surface area contributed by atoms with Crippen molar-refractivity contribution in [3.05, 3.63) is 54.1 Å². The summed E-state index contributed by atoms with van der Waals surface area (Å²) in [5, 5.41) is 3.29. The van der Waals surface area contributed by atoms with Crippen molar-refractivity contribution in [2.75, 3.05) is 22.9 Å². The molecule has 0 aliphatic carbocycles. The highest BCUT2D eigenvalue weighted by Gasteiger charge is 2.08. The molecule has 0 unspecified atom stereocenters. The van der Waals surface area contributed by atoms with E-state index in [9.17, 15) is 8.42 Å². The Morgan fingerprint density at radius 1 is 1.00 bits per heavy atom. The number of hydrogen-bond donors (Lipinski definition) is 2. The second-order valence-corrected chi connectivity index (χ2v) is 7.01. The van der Waals surface area contributed by atoms with E-state index < -0.39 is 10.0 Å². The molecule has 0 aliphatic heterocycles. The molecule has 2 N–H and O–H groups in total. The van der Waals surface area contributed by atoms with E-state index in [-0.39, 0.29) is 5.75 Å². The van der Waals surface area contributed by atoms with Gasteiger partial charge in [-0.05, 0) is 36.8 Å². The van der Waals surface area contributed by atoms with Gasteiger partial charge >= 0.3 is 0 Å². The van der Waals surface area contributed by atoms with Crippen LogP contribution in [0.5, 0.6) is 5.75 Å². The Labute approximate surface area is 137 Å². The van der Waals surface area contributed by atoms with Crippen LogP contribution in [-0.4, -0.2) is 21.3 Å². The Balaban J connectivity index is 1.98. The molecule has 0 aromatic heterocycles. The molecule has 0 spiro atoms. The molecule has 124 valence electrons. The summed E-state index contributed by atoms with van der Waals surface area (Å²) in [6.07, 6.45) is 0.591. The predicted octanol–water partition coefficient (Wildman–Crippen LogP) is 3.46. The van der Waals surface area contributed by atoms with Crippen LogP contribution in [0.4, 0.5) is 11.4 Å². The third kappa shape index (κ3) is 5.17. The minimum atomic E-state index is -3.25. The average molecular weight is 334 g/mol. The maximum absolute atomic E-state index is 11.7. The van der Waals surface area contributed by atoms with Crippen molar-refractivity contribution >= 4 is 21.4 Å². The molecule has 0 heterocycles. The first kappa shape index (κ1) is 17.1. The number of methoxy groups -OCH3 is 1. The van der Waals surface area contributed by atoms with E-state index in [0.717, 1.165) is 17.0 Å². The fourth-order valence-electron chi connectivity index (χ4n) is 2.20. The van der Waals surface area contributed by atoms with Gasteiger partial charge in [-0.1, -0.05) is 25.1 Å². The number of sulfonamides is 1. The molecule has 0 aliphatic rings. The van der Waals surface area contributed by atoms with Gasteiger partial charge < -0.3 is 10.1 Å². The summed E-state index contributed by atoms with van der Waals surface area (Å²) in [5.41, 5.74) is 2.54. The van der Waals surface area contributed by atoms with Gasteiger partial charge in [-0.25, -0.2) is 8.42 Å². The lowest BCUT2D eigenvalue weighted by Gasteiger charge is -2.11. The zero-order valence-corrected chi connectivity index (χ0v) is 14.2. The first-order valence-electron chi connectivity index (χ1n) is 7.50. The van der Waals surface area contributed by atoms with Crippen LogP contribution in [-0.2, 0) is 16.6 Å². The topological polar surface area (TPSA) is 67.4 Å². The minimum Gasteiger partial charge on any atom is -0.496 e. The zero-order chi connectivity index (χ0) is 16.7. The number of ether oxygens (including phenoxy) is 1. The summed E-state index contributed by atoms with van der Waals surface area (Å²) in [7, 11) is -1.60. The third-order valence-corrected chi connectivity index (χ3v) is 4.80. The largest absolute Gasteiger partial charge is 0.496 e. The molecule has 0 fully saturated rings. The molecular weight excluding hydrogens is 312 g/mol. The van der Waals surface area contributed by atoms with E-state index >= 15 is 0 Å². The van der Waals surface area contributed by atoms with Crippen LogP contribution in [0.2, 0.25) is 0 Å². The maximum Gasteiger partial charge on any atom is 0.232 e. The van der Waals surface area contributed by atoms with Gasteiger partial charge in [0.2, 0.25) is 10.0 Å². The van der Waals surface area contributed by atoms with Crippen molar-refractivity contribution in [1.82, 2.24) is 0 Å². The van der Waals surface area contributed by atoms with Crippen LogP contribution in [0, 0.1) is 0 Å². The highest BCUT2D eigenvalue weighted by molar-refractivity contribution is 7.92. The predicted molar refractivity (Wildman–Crippen MR) is 94.5 cm³/mol. The lowest BCUT2D eigenvalue weighted by Crippen LogP contribution is -2.16. The Bertz CT molecular complexity index is 728. The summed E-state index contributed by atoms with van der Waals surface area (Å²) in [4.78, 5) is 0. The van der Waals surface area contributed by atoms with Gasteiger partial charge in [0.15, 0.2) is 0 Å². The second-order valence-electron chi connectivity index (χ2n) is 5.16. The highest BCUT2D eigenvalue weighted by Crippen LogP contribution is 2.20. The van der Waals surface area contributed by atoms with Gasteiger partial charge in [-0.2, -0.15) is 0 Å². The van der Waals surface area contributed by atoms with Gasteiger partial charge in [0.25, 0.3) is 0 Å². The average Bonchev–Trinajstić information content (AvgIpc) is 2.54. The normalized spacial score (nSPS) is 11.0. The first-order chi connectivity index (χ1) is 11.0. The Hall–Kier alpha value is -2.21. The third-order valence-electron chi connectivity index (χ3n) is 3.31. The summed E-state index contributed by atoms with van der Waals surface area (Å²) >= 11 is 0. The van der Waals surface area contributed by atoms with E-state index in [2.05, 4.69) is 10.0 Å². The minimum absolute atomic E-state index is 0.126. The Morgan fingerprint density at radius 3 is 2.30 bits per heavy atom. The number of benzene rings is 2. The molecule has 0 atom stereocenters. The van der Waals surface area contributed by atoms with E-state index in [1.165, 1.54) is 0 Å². The molecule has 0 bridgehead atoms. The van der Waals surface area contributed by atoms with Crippen molar-refractivity contribution in [1.29, 1.82) is 0 Å². The van der Waals surface area contributed by atoms with Gasteiger partial charge in [0, 0.05) is 23.5 Å². The quantitative estimate of drug-likeness (QED) is 0.776. The summed E-state index contributed by atoms with van der Waals surface area (Å²) in [6.45, 7) is 2.47. The molecule has 0 radical (unpaired) electrons. The molecule has 23 heavy (non-hydrogen) atoms. The van der Waals surface area contributed by atoms with Crippen molar-refractivity contribution < 1.29 is 13.2 Å². The number of rotatable bonds is 8. The fraction of sp³-hybridized carbons (Fsp3) is 0.294. The smallest absolute Gasteiger partial charge is 0.232 e. The van der Waals surface area contributed by atoms with Crippen LogP contribution in [0.25, 0.3) is 0 Å². The van der Waals surface area contributed by atoms with Crippen LogP contribution in [0.15, 0.2) is 48.5 Å². The van der Waals surface area contributed by atoms with Gasteiger partial charge in [-0.15, -0.1) is 0 Å². The van der Waals surface area contributed by atoms with Crippen LogP contribution < -0.4 is 14.8 Å². The van der Waals surface area contributed by atoms with Gasteiger partial charge in [-0.3, -0.25) is 4.72 Å². The standard InChI is InChI=1S/C17H22N2O3S/c1-3-12-23(20,21)19-16-10-8-15(9-11-16)18-13-14-6-4-5-7-17(14)22-2/h4-11,18-19H,3,12-13H2,1-2H3. The van der Waals surface area contributed by atoms with Gasteiger partial charge in [0.05, 0.1) is 12.9 Å². The zero-order valence-electron chi connectivity index (χ0n) is 13.4. The Morgan fingerprint density at radius 2 is 1.65 bits per heavy atom. The lowest BCUT2D eigenvalue weighted by molar-refractivity contribution is 0.410. The lowest BCUT2D eigenvalue weighted by atomic mass is 10.2. The van der Waals surface area contributed by atoms with Crippen molar-refractivity contribution in [3.63, 3.8) is 0 Å². The first-order valence-corrected chi connectivity index (χ1v) is 9.15. The SMILES string of the molecule is CCCS(=O)(=O)Nc1ccc(NCc2ccccc2OC)cc1. The second kappa shape index (κ2) is 7.87. The number of nitrogens with one attached hydrogen (secondary N) is 2. The molecule has 5 nitrogen and oxygen atoms in total. The molecule has 0 saturated heterocycles. The molecule has 2 rings (SSSR count). The molecular formula is C17H22N2O3S. The molecule has 2 aromatic carbocycles. The summed E-state index contributed by atoms with van der Waals surface area (Å²) in [6, 6.07) is 15.0. The Kier molecular flexibility index (Phi) is 5.87. The highest BCUT2D eigenvalue weighted by atomic mass is 32.2. The van der Waals surface area contributed by atoms with Crippen LogP contribution in [0.3, 0.4) is 0 Å². The molecule has 6 heteroatoms. The molecule has 0 amide bonds.